The van der Waals surface area contributed by atoms with Crippen LogP contribution in [-0.2, 0) is 45.2 Å². The Morgan fingerprint density at radius 2 is 0.707 bits per heavy atom. The van der Waals surface area contributed by atoms with Crippen molar-refractivity contribution in [2.24, 2.45) is 0 Å². The lowest BCUT2D eigenvalue weighted by atomic mass is 9.90. The molecule has 290 valence electrons. The van der Waals surface area contributed by atoms with E-state index in [4.69, 9.17) is 18.3 Å². The smallest absolute Gasteiger partial charge is 0.358 e. The normalized spacial score (nSPS) is 20.3. The number of ether oxygens (including phenoxy) is 2. The maximum absolute atomic E-state index is 15.7. The van der Waals surface area contributed by atoms with Gasteiger partial charge in [-0.1, -0.05) is 121 Å². The van der Waals surface area contributed by atoms with E-state index in [-0.39, 0.29) is 39.4 Å². The molecule has 2 fully saturated rings. The van der Waals surface area contributed by atoms with Gasteiger partial charge in [0.15, 0.2) is 0 Å². The molecule has 10 rings (SSSR count). The molecule has 0 bridgehead atoms. The minimum absolute atomic E-state index is 0.0803. The van der Waals surface area contributed by atoms with Gasteiger partial charge in [-0.15, -0.1) is 0 Å². The fourth-order valence-electron chi connectivity index (χ4n) is 9.40. The monoisotopic (exact) mass is 774 g/mol. The van der Waals surface area contributed by atoms with Crippen molar-refractivity contribution in [2.75, 3.05) is 13.2 Å². The summed E-state index contributed by atoms with van der Waals surface area (Å²) < 4.78 is 25.3. The molecule has 2 aromatic heterocycles. The molecular weight excluding hydrogens is 737 g/mol. The van der Waals surface area contributed by atoms with E-state index in [0.717, 1.165) is 22.3 Å². The summed E-state index contributed by atoms with van der Waals surface area (Å²) >= 11 is 0. The van der Waals surface area contributed by atoms with Crippen molar-refractivity contribution in [3.63, 3.8) is 0 Å². The zero-order valence-corrected chi connectivity index (χ0v) is 31.8. The van der Waals surface area contributed by atoms with E-state index in [0.29, 0.717) is 45.3 Å². The standard InChI is InChI=1S/C46H38N4O8/c1-3-55-41(51)45-46(42(52)56-4-2)49-27-35-36(40(32-23-15-8-16-24-32)58-39(35)31-21-13-7-14-22-31)28-50(46)44(54)48(45)26-34-33(25-47(45)43(49)53)37(29-17-9-5-10-18-29)57-38(34)30-19-11-6-12-20-30/h5-24H,3-4,25-28H2,1-2H3. The van der Waals surface area contributed by atoms with Crippen LogP contribution >= 0.6 is 0 Å². The third kappa shape index (κ3) is 4.62. The van der Waals surface area contributed by atoms with E-state index in [9.17, 15) is 0 Å². The molecule has 2 saturated heterocycles. The van der Waals surface area contributed by atoms with Gasteiger partial charge in [0.25, 0.3) is 11.3 Å². The van der Waals surface area contributed by atoms with Crippen molar-refractivity contribution < 1.29 is 37.5 Å². The van der Waals surface area contributed by atoms with E-state index in [2.05, 4.69) is 0 Å². The second-order valence-electron chi connectivity index (χ2n) is 14.6. The van der Waals surface area contributed by atoms with E-state index in [1.54, 1.807) is 13.8 Å². The van der Waals surface area contributed by atoms with Gasteiger partial charge in [0.2, 0.25) is 0 Å². The molecule has 6 heterocycles. The number of fused-ring (bicyclic) bond motifs is 2. The Morgan fingerprint density at radius 1 is 0.466 bits per heavy atom. The Kier molecular flexibility index (Phi) is 8.08. The van der Waals surface area contributed by atoms with Gasteiger partial charge in [0.1, 0.15) is 23.0 Å². The molecule has 12 nitrogen and oxygen atoms in total. The van der Waals surface area contributed by atoms with Gasteiger partial charge in [-0.3, -0.25) is 19.6 Å². The molecule has 4 aliphatic heterocycles. The fourth-order valence-corrected chi connectivity index (χ4v) is 9.40. The molecule has 58 heavy (non-hydrogen) atoms. The highest BCUT2D eigenvalue weighted by Crippen LogP contribution is 2.60. The van der Waals surface area contributed by atoms with Crippen molar-refractivity contribution in [3.05, 3.63) is 144 Å². The summed E-state index contributed by atoms with van der Waals surface area (Å²) in [6, 6.07) is 36.6. The van der Waals surface area contributed by atoms with Crippen molar-refractivity contribution in [3.8, 4) is 45.3 Å². The van der Waals surface area contributed by atoms with Crippen LogP contribution in [0.15, 0.2) is 130 Å². The minimum atomic E-state index is -2.32. The molecule has 4 aliphatic rings. The van der Waals surface area contributed by atoms with Crippen LogP contribution in [0.5, 0.6) is 0 Å². The van der Waals surface area contributed by atoms with E-state index in [1.165, 1.54) is 19.6 Å². The molecule has 0 unspecified atom stereocenters. The van der Waals surface area contributed by atoms with Crippen LogP contribution in [0.2, 0.25) is 0 Å². The summed E-state index contributed by atoms with van der Waals surface area (Å²) in [4.78, 5) is 67.1. The maximum atomic E-state index is 15.7. The molecule has 0 radical (unpaired) electrons. The molecule has 0 atom stereocenters. The van der Waals surface area contributed by atoms with Crippen LogP contribution in [0.4, 0.5) is 9.59 Å². The van der Waals surface area contributed by atoms with Gasteiger partial charge >= 0.3 is 24.0 Å². The van der Waals surface area contributed by atoms with Crippen molar-refractivity contribution >= 4 is 24.0 Å². The van der Waals surface area contributed by atoms with E-state index < -0.39 is 35.3 Å². The number of carbonyl (C=O) groups excluding carboxylic acids is 4. The molecule has 0 spiro atoms. The highest BCUT2D eigenvalue weighted by Gasteiger charge is 2.87. The van der Waals surface area contributed by atoms with Gasteiger partial charge in [0, 0.05) is 44.5 Å². The summed E-state index contributed by atoms with van der Waals surface area (Å²) in [6.45, 7) is 2.38. The Labute approximate surface area is 333 Å². The predicted molar refractivity (Wildman–Crippen MR) is 211 cm³/mol. The summed E-state index contributed by atoms with van der Waals surface area (Å²) in [5.41, 5.74) is 0.743. The average Bonchev–Trinajstić information content (AvgIpc) is 3.85. The molecule has 6 aromatic rings. The lowest BCUT2D eigenvalue weighted by Gasteiger charge is -2.44. The number of nitrogens with zero attached hydrogens (tertiary/aromatic N) is 4. The molecule has 0 saturated carbocycles. The Hall–Kier alpha value is -7.08. The summed E-state index contributed by atoms with van der Waals surface area (Å²) in [7, 11) is 0. The van der Waals surface area contributed by atoms with Crippen LogP contribution in [0, 0.1) is 0 Å². The first-order chi connectivity index (χ1) is 28.4. The number of esters is 2. The second kappa shape index (κ2) is 13.3. The van der Waals surface area contributed by atoms with Gasteiger partial charge in [0.05, 0.1) is 39.4 Å². The van der Waals surface area contributed by atoms with Crippen LogP contribution in [-0.4, -0.2) is 68.1 Å². The quantitative estimate of drug-likeness (QED) is 0.142. The van der Waals surface area contributed by atoms with Gasteiger partial charge in [-0.2, -0.15) is 0 Å². The minimum Gasteiger partial charge on any atom is -0.463 e. The highest BCUT2D eigenvalue weighted by molar-refractivity contribution is 6.10. The highest BCUT2D eigenvalue weighted by atomic mass is 16.6. The van der Waals surface area contributed by atoms with Crippen LogP contribution in [0.1, 0.15) is 36.1 Å². The Bertz CT molecular complexity index is 2270. The fraction of sp³-hybridized carbons (Fsp3) is 0.217. The van der Waals surface area contributed by atoms with Crippen LogP contribution in [0.3, 0.4) is 0 Å². The first kappa shape index (κ1) is 35.3. The second-order valence-corrected chi connectivity index (χ2v) is 14.6. The molecule has 4 amide bonds. The third-order valence-electron chi connectivity index (χ3n) is 11.7. The van der Waals surface area contributed by atoms with Gasteiger partial charge in [-0.25, -0.2) is 19.2 Å². The number of amides is 4. The van der Waals surface area contributed by atoms with Crippen LogP contribution < -0.4 is 0 Å². The molecule has 12 heteroatoms. The lowest BCUT2D eigenvalue weighted by Crippen LogP contribution is -2.75. The average molecular weight is 775 g/mol. The maximum Gasteiger partial charge on any atom is 0.358 e. The number of hydrogen-bond acceptors (Lipinski definition) is 8. The van der Waals surface area contributed by atoms with Crippen molar-refractivity contribution in [2.45, 2.75) is 51.4 Å². The number of carbonyl (C=O) groups is 4. The molecular formula is C46H38N4O8. The number of rotatable bonds is 8. The Morgan fingerprint density at radius 3 is 0.931 bits per heavy atom. The lowest BCUT2D eigenvalue weighted by molar-refractivity contribution is -0.191. The molecule has 4 aromatic carbocycles. The zero-order valence-electron chi connectivity index (χ0n) is 31.8. The summed E-state index contributed by atoms with van der Waals surface area (Å²) in [6.07, 6.45) is 0. The van der Waals surface area contributed by atoms with Gasteiger partial charge < -0.3 is 18.3 Å². The van der Waals surface area contributed by atoms with E-state index in [1.807, 2.05) is 121 Å². The SMILES string of the molecule is CCOC(=O)C12N3Cc4c(-c5ccccc5)oc(-c5ccccc5)c4CN1C(=O)N1Cc4c(-c5ccccc5)oc(-c5ccccc5)c4CN(C3=O)C12C(=O)OCC. The topological polar surface area (TPSA) is 126 Å². The van der Waals surface area contributed by atoms with Crippen molar-refractivity contribution in [1.82, 2.24) is 19.6 Å². The number of benzene rings is 4. The van der Waals surface area contributed by atoms with Crippen molar-refractivity contribution in [1.29, 1.82) is 0 Å². The first-order valence-corrected chi connectivity index (χ1v) is 19.4. The summed E-state index contributed by atoms with van der Waals surface area (Å²) in [5.74, 6) is 0.0874. The zero-order chi connectivity index (χ0) is 39.8. The number of furan rings is 2. The predicted octanol–water partition coefficient (Wildman–Crippen LogP) is 8.26. The van der Waals surface area contributed by atoms with E-state index >= 15 is 19.2 Å². The number of urea groups is 2. The molecule has 0 N–H and O–H groups in total. The molecule has 0 aliphatic carbocycles. The summed E-state index contributed by atoms with van der Waals surface area (Å²) in [5, 5.41) is 0. The first-order valence-electron chi connectivity index (χ1n) is 19.4. The third-order valence-corrected chi connectivity index (χ3v) is 11.7. The Balaban J connectivity index is 1.26. The number of hydrogen-bond donors (Lipinski definition) is 0. The largest absolute Gasteiger partial charge is 0.463 e. The van der Waals surface area contributed by atoms with Gasteiger partial charge in [-0.05, 0) is 13.8 Å². The van der Waals surface area contributed by atoms with Crippen LogP contribution in [0.25, 0.3) is 45.3 Å².